The van der Waals surface area contributed by atoms with Crippen LogP contribution in [0.25, 0.3) is 22.0 Å². The fourth-order valence-electron chi connectivity index (χ4n) is 6.49. The number of H-pyrrole nitrogens is 1. The number of carbonyl (C=O) groups excluding carboxylic acids is 1. The van der Waals surface area contributed by atoms with E-state index >= 15 is 0 Å². The molecule has 0 spiro atoms. The largest absolute Gasteiger partial charge is 0.494 e. The predicted molar refractivity (Wildman–Crippen MR) is 175 cm³/mol. The molecule has 44 heavy (non-hydrogen) atoms. The van der Waals surface area contributed by atoms with Crippen LogP contribution in [0.1, 0.15) is 70.7 Å². The van der Waals surface area contributed by atoms with Crippen LogP contribution in [0.3, 0.4) is 0 Å². The molecule has 5 rings (SSSR count). The van der Waals surface area contributed by atoms with Gasteiger partial charge in [-0.1, -0.05) is 29.3 Å². The maximum Gasteiger partial charge on any atom is 0.306 e. The van der Waals surface area contributed by atoms with E-state index in [4.69, 9.17) is 27.9 Å². The fraction of sp³-hybridized carbons (Fsp3) is 0.441. The molecule has 1 aliphatic rings. The van der Waals surface area contributed by atoms with E-state index in [0.29, 0.717) is 49.6 Å². The van der Waals surface area contributed by atoms with Crippen molar-refractivity contribution in [3.63, 3.8) is 0 Å². The highest BCUT2D eigenvalue weighted by Gasteiger charge is 2.28. The molecule has 0 aliphatic heterocycles. The number of aryl methyl sites for hydroxylation is 5. The van der Waals surface area contributed by atoms with Crippen LogP contribution in [0.4, 0.5) is 0 Å². The summed E-state index contributed by atoms with van der Waals surface area (Å²) in [5.41, 5.74) is 7.81. The van der Waals surface area contributed by atoms with Gasteiger partial charge in [0.15, 0.2) is 0 Å². The zero-order chi connectivity index (χ0) is 31.7. The predicted octanol–water partition coefficient (Wildman–Crippen LogP) is 7.74. The smallest absolute Gasteiger partial charge is 0.306 e. The minimum Gasteiger partial charge on any atom is -0.494 e. The van der Waals surface area contributed by atoms with Crippen molar-refractivity contribution >= 4 is 46.0 Å². The van der Waals surface area contributed by atoms with Crippen molar-refractivity contribution in [3.8, 4) is 16.9 Å². The fourth-order valence-corrected chi connectivity index (χ4v) is 6.86. The average Bonchev–Trinajstić information content (AvgIpc) is 3.48. The first-order valence-electron chi connectivity index (χ1n) is 15.2. The molecule has 2 heterocycles. The number of halogens is 2. The monoisotopic (exact) mass is 638 g/mol. The molecule has 1 fully saturated rings. The Morgan fingerprint density at radius 1 is 1.07 bits per heavy atom. The minimum absolute atomic E-state index is 0.178. The van der Waals surface area contributed by atoms with Crippen molar-refractivity contribution in [2.75, 3.05) is 13.2 Å². The zero-order valence-electron chi connectivity index (χ0n) is 25.9. The molecule has 1 aliphatic carbocycles. The number of benzene rings is 2. The number of carbonyl (C=O) groups is 2. The molecule has 2 aromatic heterocycles. The van der Waals surface area contributed by atoms with E-state index in [0.717, 1.165) is 73.7 Å². The van der Waals surface area contributed by atoms with E-state index in [1.54, 1.807) is 0 Å². The summed E-state index contributed by atoms with van der Waals surface area (Å²) in [5.74, 6) is -0.159. The van der Waals surface area contributed by atoms with Crippen LogP contribution >= 0.6 is 23.2 Å². The van der Waals surface area contributed by atoms with E-state index < -0.39 is 5.97 Å². The van der Waals surface area contributed by atoms with Crippen LogP contribution in [0.15, 0.2) is 24.3 Å². The van der Waals surface area contributed by atoms with E-state index in [-0.39, 0.29) is 17.7 Å². The molecule has 0 radical (unpaired) electrons. The molecular weight excluding hydrogens is 599 g/mol. The lowest BCUT2D eigenvalue weighted by Crippen LogP contribution is -2.33. The van der Waals surface area contributed by atoms with Gasteiger partial charge >= 0.3 is 5.97 Å². The second-order valence-corrected chi connectivity index (χ2v) is 12.9. The number of nitrogens with one attached hydrogen (secondary N) is 2. The summed E-state index contributed by atoms with van der Waals surface area (Å²) in [6.45, 7) is 8.88. The Bertz CT molecular complexity index is 1690. The first kappa shape index (κ1) is 31.9. The van der Waals surface area contributed by atoms with Crippen molar-refractivity contribution in [1.29, 1.82) is 0 Å². The number of nitrogens with zero attached hydrogens (tertiary/aromatic N) is 2. The van der Waals surface area contributed by atoms with Gasteiger partial charge in [-0.3, -0.25) is 14.3 Å². The third kappa shape index (κ3) is 6.47. The summed E-state index contributed by atoms with van der Waals surface area (Å²) < 4.78 is 7.93. The number of fused-ring (bicyclic) bond motifs is 1. The molecule has 1 amide bonds. The molecule has 8 nitrogen and oxygen atoms in total. The second-order valence-electron chi connectivity index (χ2n) is 12.1. The molecule has 234 valence electrons. The summed E-state index contributed by atoms with van der Waals surface area (Å²) in [6, 6.07) is 7.75. The Balaban J connectivity index is 1.42. The highest BCUT2D eigenvalue weighted by molar-refractivity contribution is 6.35. The maximum atomic E-state index is 13.8. The van der Waals surface area contributed by atoms with Gasteiger partial charge in [-0.05, 0) is 107 Å². The Kier molecular flexibility index (Phi) is 9.61. The number of carboxylic acid groups (broad SMARTS) is 1. The van der Waals surface area contributed by atoms with Crippen molar-refractivity contribution in [2.24, 2.45) is 18.9 Å². The normalized spacial score (nSPS) is 16.8. The standard InChI is InChI=1S/C34H40Cl2N4O4/c1-18-15-24(16-19(2)30(18)36)44-14-6-7-25-26-12-13-27(35)29(28-20(3)39-40(5)21(28)4)31(26)38-32(25)33(41)37-17-22-8-10-23(11-9-22)34(42)43/h12-13,15-16,22-23,38H,6-11,14,17H2,1-5H3,(H,37,41)(H,42,43). The summed E-state index contributed by atoms with van der Waals surface area (Å²) in [5, 5.41) is 19.4. The second kappa shape index (κ2) is 13.2. The third-order valence-electron chi connectivity index (χ3n) is 9.01. The topological polar surface area (TPSA) is 109 Å². The number of aromatic amines is 1. The number of carboxylic acids is 1. The summed E-state index contributed by atoms with van der Waals surface area (Å²) in [6.07, 6.45) is 4.17. The van der Waals surface area contributed by atoms with Crippen molar-refractivity contribution in [3.05, 3.63) is 68.1 Å². The molecule has 4 aromatic rings. The highest BCUT2D eigenvalue weighted by Crippen LogP contribution is 2.40. The summed E-state index contributed by atoms with van der Waals surface area (Å²) in [7, 11) is 1.91. The van der Waals surface area contributed by atoms with Gasteiger partial charge in [-0.2, -0.15) is 5.10 Å². The highest BCUT2D eigenvalue weighted by atomic mass is 35.5. The van der Waals surface area contributed by atoms with Crippen molar-refractivity contribution in [2.45, 2.75) is 66.2 Å². The van der Waals surface area contributed by atoms with Gasteiger partial charge in [0.05, 0.1) is 28.8 Å². The molecule has 0 bridgehead atoms. The van der Waals surface area contributed by atoms with E-state index in [1.807, 2.05) is 63.7 Å². The quantitative estimate of drug-likeness (QED) is 0.154. The number of aliphatic carboxylic acids is 1. The van der Waals surface area contributed by atoms with Crippen molar-refractivity contribution < 1.29 is 19.4 Å². The van der Waals surface area contributed by atoms with Gasteiger partial charge in [0.1, 0.15) is 11.4 Å². The average molecular weight is 640 g/mol. The number of aromatic nitrogens is 3. The molecular formula is C34H40Cl2N4O4. The van der Waals surface area contributed by atoms with E-state index in [2.05, 4.69) is 15.4 Å². The van der Waals surface area contributed by atoms with Crippen molar-refractivity contribution in [1.82, 2.24) is 20.1 Å². The number of amides is 1. The van der Waals surface area contributed by atoms with E-state index in [9.17, 15) is 14.7 Å². The van der Waals surface area contributed by atoms with Gasteiger partial charge in [0.25, 0.3) is 5.91 Å². The lowest BCUT2D eigenvalue weighted by molar-refractivity contribution is -0.143. The summed E-state index contributed by atoms with van der Waals surface area (Å²) in [4.78, 5) is 28.6. The molecule has 0 unspecified atom stereocenters. The number of ether oxygens (including phenoxy) is 1. The maximum absolute atomic E-state index is 13.8. The van der Waals surface area contributed by atoms with Gasteiger partial charge < -0.3 is 20.1 Å². The van der Waals surface area contributed by atoms with Crippen LogP contribution in [0.2, 0.25) is 10.0 Å². The molecule has 0 atom stereocenters. The SMILES string of the molecule is Cc1cc(OCCCc2c(C(=O)NCC3CCC(C(=O)O)CC3)[nH]c3c(-c4c(C)nn(C)c4C)c(Cl)ccc23)cc(C)c1Cl. The zero-order valence-corrected chi connectivity index (χ0v) is 27.5. The Morgan fingerprint density at radius 2 is 1.75 bits per heavy atom. The van der Waals surface area contributed by atoms with Crippen LogP contribution in [-0.4, -0.2) is 44.9 Å². The Morgan fingerprint density at radius 3 is 2.36 bits per heavy atom. The number of rotatable bonds is 10. The first-order valence-corrected chi connectivity index (χ1v) is 16.0. The number of hydrogen-bond acceptors (Lipinski definition) is 4. The molecule has 3 N–H and O–H groups in total. The Hall–Kier alpha value is -3.49. The third-order valence-corrected chi connectivity index (χ3v) is 9.93. The van der Waals surface area contributed by atoms with Gasteiger partial charge in [-0.25, -0.2) is 0 Å². The van der Waals surface area contributed by atoms with Crippen LogP contribution < -0.4 is 10.1 Å². The van der Waals surface area contributed by atoms with Crippen LogP contribution in [-0.2, 0) is 18.3 Å². The molecule has 2 aromatic carbocycles. The summed E-state index contributed by atoms with van der Waals surface area (Å²) >= 11 is 13.2. The van der Waals surface area contributed by atoms with Gasteiger partial charge in [0, 0.05) is 40.8 Å². The molecule has 0 saturated heterocycles. The molecule has 1 saturated carbocycles. The van der Waals surface area contributed by atoms with E-state index in [1.165, 1.54) is 0 Å². The minimum atomic E-state index is -0.728. The van der Waals surface area contributed by atoms with Gasteiger partial charge in [-0.15, -0.1) is 0 Å². The van der Waals surface area contributed by atoms with Gasteiger partial charge in [0.2, 0.25) is 0 Å². The lowest BCUT2D eigenvalue weighted by atomic mass is 9.82. The molecule has 10 heteroatoms. The first-order chi connectivity index (χ1) is 21.0. The van der Waals surface area contributed by atoms with Crippen LogP contribution in [0, 0.1) is 39.5 Å². The van der Waals surface area contributed by atoms with Crippen LogP contribution in [0.5, 0.6) is 5.75 Å². The Labute approximate surface area is 268 Å². The lowest BCUT2D eigenvalue weighted by Gasteiger charge is -2.26. The number of hydrogen-bond donors (Lipinski definition) is 3.